The van der Waals surface area contributed by atoms with Crippen molar-refractivity contribution in [1.29, 1.82) is 0 Å². The second kappa shape index (κ2) is 3.73. The Balaban J connectivity index is 1.99. The monoisotopic (exact) mass is 254 g/mol. The zero-order chi connectivity index (χ0) is 10.1. The van der Waals surface area contributed by atoms with Crippen molar-refractivity contribution in [2.24, 2.45) is 5.92 Å². The van der Waals surface area contributed by atoms with Gasteiger partial charge < -0.3 is 5.11 Å². The van der Waals surface area contributed by atoms with E-state index in [4.69, 9.17) is 5.11 Å². The summed E-state index contributed by atoms with van der Waals surface area (Å²) in [5.74, 6) is 0.141. The van der Waals surface area contributed by atoms with E-state index in [0.29, 0.717) is 18.3 Å². The van der Waals surface area contributed by atoms with Crippen LogP contribution in [0, 0.1) is 5.92 Å². The van der Waals surface area contributed by atoms with Crippen LogP contribution in [0.4, 0.5) is 0 Å². The standard InChI is InChI=1S/C11H11BrO2/c12-9-3-1-7(2-4-9)10-5-8(10)6-11(13)14/h1-4,8,10H,5-6H2,(H,13,14)/t8-,10+/m1/s1. The quantitative estimate of drug-likeness (QED) is 0.901. The first-order chi connectivity index (χ1) is 6.66. The van der Waals surface area contributed by atoms with Crippen molar-refractivity contribution < 1.29 is 9.90 Å². The van der Waals surface area contributed by atoms with E-state index >= 15 is 0 Å². The van der Waals surface area contributed by atoms with Gasteiger partial charge in [-0.15, -0.1) is 0 Å². The van der Waals surface area contributed by atoms with E-state index in [9.17, 15) is 4.79 Å². The maximum atomic E-state index is 10.5. The Morgan fingerprint density at radius 3 is 2.64 bits per heavy atom. The molecule has 1 N–H and O–H groups in total. The summed E-state index contributed by atoms with van der Waals surface area (Å²) >= 11 is 3.38. The molecule has 0 unspecified atom stereocenters. The number of halogens is 1. The molecule has 1 aliphatic carbocycles. The van der Waals surface area contributed by atoms with Crippen LogP contribution in [0.15, 0.2) is 28.7 Å². The van der Waals surface area contributed by atoms with Gasteiger partial charge in [0.1, 0.15) is 0 Å². The highest BCUT2D eigenvalue weighted by atomic mass is 79.9. The summed E-state index contributed by atoms with van der Waals surface area (Å²) in [5, 5.41) is 8.63. The third-order valence-corrected chi connectivity index (χ3v) is 3.19. The molecule has 1 fully saturated rings. The van der Waals surface area contributed by atoms with Crippen molar-refractivity contribution >= 4 is 21.9 Å². The Labute approximate surface area is 91.1 Å². The number of hydrogen-bond acceptors (Lipinski definition) is 1. The number of rotatable bonds is 3. The lowest BCUT2D eigenvalue weighted by Gasteiger charge is -1.98. The zero-order valence-electron chi connectivity index (χ0n) is 7.61. The van der Waals surface area contributed by atoms with Gasteiger partial charge in [0.05, 0.1) is 0 Å². The SMILES string of the molecule is O=C(O)C[C@H]1C[C@H]1c1ccc(Br)cc1. The van der Waals surface area contributed by atoms with E-state index in [-0.39, 0.29) is 0 Å². The zero-order valence-corrected chi connectivity index (χ0v) is 9.20. The number of benzene rings is 1. The first-order valence-electron chi connectivity index (χ1n) is 4.64. The maximum absolute atomic E-state index is 10.5. The highest BCUT2D eigenvalue weighted by molar-refractivity contribution is 9.10. The van der Waals surface area contributed by atoms with Gasteiger partial charge in [0.15, 0.2) is 0 Å². The molecular formula is C11H11BrO2. The predicted molar refractivity (Wildman–Crippen MR) is 57.2 cm³/mol. The molecule has 2 nitrogen and oxygen atoms in total. The Morgan fingerprint density at radius 2 is 2.07 bits per heavy atom. The fourth-order valence-corrected chi connectivity index (χ4v) is 2.08. The summed E-state index contributed by atoms with van der Waals surface area (Å²) in [6.07, 6.45) is 1.33. The molecule has 1 aliphatic rings. The van der Waals surface area contributed by atoms with Crippen molar-refractivity contribution in [1.82, 2.24) is 0 Å². The topological polar surface area (TPSA) is 37.3 Å². The van der Waals surface area contributed by atoms with Gasteiger partial charge in [-0.1, -0.05) is 28.1 Å². The Bertz CT molecular complexity index is 345. The van der Waals surface area contributed by atoms with Crippen LogP contribution >= 0.6 is 15.9 Å². The average molecular weight is 255 g/mol. The molecule has 0 aliphatic heterocycles. The lowest BCUT2D eigenvalue weighted by atomic mass is 10.1. The molecule has 74 valence electrons. The molecule has 0 spiro atoms. The van der Waals surface area contributed by atoms with Crippen LogP contribution in [-0.4, -0.2) is 11.1 Å². The minimum atomic E-state index is -0.686. The number of carboxylic acids is 1. The van der Waals surface area contributed by atoms with Gasteiger partial charge in [0, 0.05) is 10.9 Å². The van der Waals surface area contributed by atoms with Crippen LogP contribution in [0.1, 0.15) is 24.3 Å². The van der Waals surface area contributed by atoms with E-state index in [2.05, 4.69) is 28.1 Å². The fourth-order valence-electron chi connectivity index (χ4n) is 1.82. The van der Waals surface area contributed by atoms with Gasteiger partial charge in [-0.2, -0.15) is 0 Å². The lowest BCUT2D eigenvalue weighted by molar-refractivity contribution is -0.137. The van der Waals surface area contributed by atoms with E-state index in [1.165, 1.54) is 5.56 Å². The molecule has 0 radical (unpaired) electrons. The first-order valence-corrected chi connectivity index (χ1v) is 5.43. The van der Waals surface area contributed by atoms with Crippen molar-refractivity contribution in [3.05, 3.63) is 34.3 Å². The summed E-state index contributed by atoms with van der Waals surface area (Å²) in [6.45, 7) is 0. The second-order valence-corrected chi connectivity index (χ2v) is 4.67. The number of carboxylic acid groups (broad SMARTS) is 1. The molecule has 3 heteroatoms. The van der Waals surface area contributed by atoms with Crippen LogP contribution in [0.5, 0.6) is 0 Å². The summed E-state index contributed by atoms with van der Waals surface area (Å²) in [5.41, 5.74) is 1.26. The maximum Gasteiger partial charge on any atom is 0.303 e. The lowest BCUT2D eigenvalue weighted by Crippen LogP contribution is -1.96. The molecule has 2 rings (SSSR count). The first kappa shape index (κ1) is 9.71. The molecule has 1 aromatic rings. The van der Waals surface area contributed by atoms with Gasteiger partial charge in [-0.3, -0.25) is 4.79 Å². The van der Waals surface area contributed by atoms with Gasteiger partial charge in [0.25, 0.3) is 0 Å². The van der Waals surface area contributed by atoms with Crippen LogP contribution < -0.4 is 0 Å². The Hall–Kier alpha value is -0.830. The number of aliphatic carboxylic acids is 1. The van der Waals surface area contributed by atoms with Gasteiger partial charge in [-0.25, -0.2) is 0 Å². The molecule has 14 heavy (non-hydrogen) atoms. The van der Waals surface area contributed by atoms with E-state index in [0.717, 1.165) is 10.9 Å². The van der Waals surface area contributed by atoms with Crippen molar-refractivity contribution in [2.45, 2.75) is 18.8 Å². The van der Waals surface area contributed by atoms with Crippen LogP contribution in [0.2, 0.25) is 0 Å². The smallest absolute Gasteiger partial charge is 0.303 e. The highest BCUT2D eigenvalue weighted by Crippen LogP contribution is 2.49. The minimum absolute atomic E-state index is 0.306. The third kappa shape index (κ3) is 2.15. The van der Waals surface area contributed by atoms with E-state index in [1.54, 1.807) is 0 Å². The normalized spacial score (nSPS) is 24.6. The molecule has 0 amide bonds. The fraction of sp³-hybridized carbons (Fsp3) is 0.364. The summed E-state index contributed by atoms with van der Waals surface area (Å²) < 4.78 is 1.07. The van der Waals surface area contributed by atoms with Gasteiger partial charge in [-0.05, 0) is 36.0 Å². The third-order valence-electron chi connectivity index (χ3n) is 2.66. The summed E-state index contributed by atoms with van der Waals surface area (Å²) in [7, 11) is 0. The molecule has 1 aromatic carbocycles. The van der Waals surface area contributed by atoms with Crippen molar-refractivity contribution in [3.63, 3.8) is 0 Å². The van der Waals surface area contributed by atoms with E-state index in [1.807, 2.05) is 12.1 Å². The molecule has 0 bridgehead atoms. The Morgan fingerprint density at radius 1 is 1.43 bits per heavy atom. The second-order valence-electron chi connectivity index (χ2n) is 3.75. The molecule has 0 aromatic heterocycles. The average Bonchev–Trinajstić information content (AvgIpc) is 2.84. The number of hydrogen-bond donors (Lipinski definition) is 1. The van der Waals surface area contributed by atoms with E-state index < -0.39 is 5.97 Å². The van der Waals surface area contributed by atoms with Gasteiger partial charge in [0.2, 0.25) is 0 Å². The molecule has 0 saturated heterocycles. The van der Waals surface area contributed by atoms with Crippen molar-refractivity contribution in [2.75, 3.05) is 0 Å². The minimum Gasteiger partial charge on any atom is -0.481 e. The van der Waals surface area contributed by atoms with Crippen molar-refractivity contribution in [3.8, 4) is 0 Å². The predicted octanol–water partition coefficient (Wildman–Crippen LogP) is 3.03. The molecule has 0 heterocycles. The van der Waals surface area contributed by atoms with Crippen LogP contribution in [-0.2, 0) is 4.79 Å². The van der Waals surface area contributed by atoms with Crippen LogP contribution in [0.3, 0.4) is 0 Å². The highest BCUT2D eigenvalue weighted by Gasteiger charge is 2.39. The number of carbonyl (C=O) groups is 1. The Kier molecular flexibility index (Phi) is 2.59. The summed E-state index contributed by atoms with van der Waals surface area (Å²) in [4.78, 5) is 10.5. The molecule has 2 atom stereocenters. The largest absolute Gasteiger partial charge is 0.481 e. The van der Waals surface area contributed by atoms with Gasteiger partial charge >= 0.3 is 5.97 Å². The summed E-state index contributed by atoms with van der Waals surface area (Å²) in [6, 6.07) is 8.14. The molecular weight excluding hydrogens is 244 g/mol. The molecule has 1 saturated carbocycles. The van der Waals surface area contributed by atoms with Crippen LogP contribution in [0.25, 0.3) is 0 Å².